The van der Waals surface area contributed by atoms with Crippen molar-refractivity contribution in [3.05, 3.63) is 65.0 Å². The van der Waals surface area contributed by atoms with Gasteiger partial charge in [-0.3, -0.25) is 0 Å². The van der Waals surface area contributed by atoms with E-state index in [0.29, 0.717) is 18.4 Å². The SMILES string of the molecule is CC(C)c1ccc2c(c1)[C@@]1(C)CCC[C@](C)(CNS(=O)(=O)c3ccc(F)cc3)[C@@H]1CC2. The van der Waals surface area contributed by atoms with Gasteiger partial charge in [-0.25, -0.2) is 17.5 Å². The molecule has 3 atom stereocenters. The van der Waals surface area contributed by atoms with Crippen molar-refractivity contribution in [3.63, 3.8) is 0 Å². The van der Waals surface area contributed by atoms with Crippen molar-refractivity contribution >= 4 is 10.0 Å². The van der Waals surface area contributed by atoms with Crippen LogP contribution in [-0.2, 0) is 21.9 Å². The van der Waals surface area contributed by atoms with Gasteiger partial charge in [-0.1, -0.05) is 52.3 Å². The molecule has 3 nitrogen and oxygen atoms in total. The summed E-state index contributed by atoms with van der Waals surface area (Å²) in [4.78, 5) is 0.117. The van der Waals surface area contributed by atoms with Crippen LogP contribution in [-0.4, -0.2) is 15.0 Å². The third-order valence-corrected chi connectivity index (χ3v) is 9.38. The summed E-state index contributed by atoms with van der Waals surface area (Å²) in [5.41, 5.74) is 4.25. The second kappa shape index (κ2) is 8.00. The van der Waals surface area contributed by atoms with Crippen LogP contribution in [0.3, 0.4) is 0 Å². The van der Waals surface area contributed by atoms with Crippen molar-refractivity contribution in [1.82, 2.24) is 4.72 Å². The predicted molar refractivity (Wildman–Crippen MR) is 123 cm³/mol. The molecule has 0 heterocycles. The van der Waals surface area contributed by atoms with Gasteiger partial charge in [0.2, 0.25) is 10.0 Å². The van der Waals surface area contributed by atoms with Crippen molar-refractivity contribution in [2.75, 3.05) is 6.54 Å². The highest BCUT2D eigenvalue weighted by Gasteiger charge is 2.51. The Labute approximate surface area is 186 Å². The van der Waals surface area contributed by atoms with E-state index in [0.717, 1.165) is 32.1 Å². The fourth-order valence-corrected chi connectivity index (χ4v) is 7.32. The van der Waals surface area contributed by atoms with Crippen LogP contribution in [0.15, 0.2) is 47.4 Å². The standard InChI is InChI=1S/C26H34FNO2S/c1-18(2)20-7-6-19-8-13-24-25(3,14-5-15-26(24,4)23(19)16-20)17-28-31(29,30)22-11-9-21(27)10-12-22/h6-7,9-12,16,18,24,28H,5,8,13-15,17H2,1-4H3/t24-,25+,26+/m0/s1. The molecule has 31 heavy (non-hydrogen) atoms. The Morgan fingerprint density at radius 2 is 1.81 bits per heavy atom. The monoisotopic (exact) mass is 443 g/mol. The summed E-state index contributed by atoms with van der Waals surface area (Å²) in [6.07, 6.45) is 5.38. The number of nitrogens with one attached hydrogen (secondary N) is 1. The number of halogens is 1. The Balaban J connectivity index is 1.61. The van der Waals surface area contributed by atoms with Crippen LogP contribution >= 0.6 is 0 Å². The van der Waals surface area contributed by atoms with Gasteiger partial charge in [0.25, 0.3) is 0 Å². The highest BCUT2D eigenvalue weighted by Crippen LogP contribution is 2.57. The zero-order chi connectivity index (χ0) is 22.4. The van der Waals surface area contributed by atoms with E-state index in [-0.39, 0.29) is 15.7 Å². The molecule has 0 radical (unpaired) electrons. The number of benzene rings is 2. The number of sulfonamides is 1. The van der Waals surface area contributed by atoms with E-state index >= 15 is 0 Å². The molecule has 0 amide bonds. The van der Waals surface area contributed by atoms with Crippen LogP contribution in [0, 0.1) is 17.2 Å². The maximum Gasteiger partial charge on any atom is 0.240 e. The molecular formula is C26H34FNO2S. The summed E-state index contributed by atoms with van der Waals surface area (Å²) < 4.78 is 41.8. The van der Waals surface area contributed by atoms with E-state index in [9.17, 15) is 12.8 Å². The van der Waals surface area contributed by atoms with E-state index in [4.69, 9.17) is 0 Å². The molecule has 168 valence electrons. The molecule has 0 unspecified atom stereocenters. The maximum absolute atomic E-state index is 13.2. The van der Waals surface area contributed by atoms with E-state index in [2.05, 4.69) is 50.6 Å². The van der Waals surface area contributed by atoms with Gasteiger partial charge >= 0.3 is 0 Å². The normalized spacial score (nSPS) is 28.3. The van der Waals surface area contributed by atoms with Crippen LogP contribution in [0.5, 0.6) is 0 Å². The van der Waals surface area contributed by atoms with Crippen LogP contribution in [0.4, 0.5) is 4.39 Å². The van der Waals surface area contributed by atoms with Gasteiger partial charge < -0.3 is 0 Å². The largest absolute Gasteiger partial charge is 0.240 e. The highest BCUT2D eigenvalue weighted by atomic mass is 32.2. The van der Waals surface area contributed by atoms with Crippen molar-refractivity contribution in [2.45, 2.75) is 76.0 Å². The van der Waals surface area contributed by atoms with Gasteiger partial charge in [0.05, 0.1) is 4.90 Å². The first-order valence-corrected chi connectivity index (χ1v) is 12.9. The average molecular weight is 444 g/mol. The smallest absolute Gasteiger partial charge is 0.211 e. The van der Waals surface area contributed by atoms with Gasteiger partial charge in [0, 0.05) is 6.54 Å². The Morgan fingerprint density at radius 3 is 2.48 bits per heavy atom. The van der Waals surface area contributed by atoms with Gasteiger partial charge in [-0.05, 0) is 89.3 Å². The molecule has 4 rings (SSSR count). The van der Waals surface area contributed by atoms with E-state index in [1.165, 1.54) is 41.0 Å². The molecular weight excluding hydrogens is 409 g/mol. The lowest BCUT2D eigenvalue weighted by Crippen LogP contribution is -2.53. The lowest BCUT2D eigenvalue weighted by Gasteiger charge is -2.55. The zero-order valence-electron chi connectivity index (χ0n) is 19.0. The summed E-state index contributed by atoms with van der Waals surface area (Å²) in [5.74, 6) is 0.474. The Hall–Kier alpha value is -1.72. The molecule has 0 aromatic heterocycles. The number of aryl methyl sites for hydroxylation is 1. The van der Waals surface area contributed by atoms with Crippen LogP contribution in [0.2, 0.25) is 0 Å². The van der Waals surface area contributed by atoms with Crippen LogP contribution < -0.4 is 4.72 Å². The van der Waals surface area contributed by atoms with Crippen molar-refractivity contribution in [3.8, 4) is 0 Å². The summed E-state index contributed by atoms with van der Waals surface area (Å²) in [7, 11) is -3.67. The Morgan fingerprint density at radius 1 is 1.10 bits per heavy atom. The van der Waals surface area contributed by atoms with Gasteiger partial charge in [0.1, 0.15) is 5.82 Å². The molecule has 0 bridgehead atoms. The minimum absolute atomic E-state index is 0.0623. The molecule has 1 N–H and O–H groups in total. The molecule has 1 fully saturated rings. The molecule has 0 saturated heterocycles. The third kappa shape index (κ3) is 4.07. The lowest BCUT2D eigenvalue weighted by molar-refractivity contribution is 0.0298. The maximum atomic E-state index is 13.2. The molecule has 1 saturated carbocycles. The van der Waals surface area contributed by atoms with Crippen molar-refractivity contribution in [2.24, 2.45) is 11.3 Å². The minimum atomic E-state index is -3.67. The topological polar surface area (TPSA) is 46.2 Å². The molecule has 2 aliphatic rings. The number of fused-ring (bicyclic) bond motifs is 3. The lowest BCUT2D eigenvalue weighted by atomic mass is 9.49. The molecule has 2 aliphatic carbocycles. The van der Waals surface area contributed by atoms with Crippen molar-refractivity contribution < 1.29 is 12.8 Å². The first-order valence-electron chi connectivity index (χ1n) is 11.4. The summed E-state index contributed by atoms with van der Waals surface area (Å²) in [6.45, 7) is 9.52. The zero-order valence-corrected chi connectivity index (χ0v) is 19.9. The van der Waals surface area contributed by atoms with Gasteiger partial charge in [0.15, 0.2) is 0 Å². The van der Waals surface area contributed by atoms with E-state index in [1.54, 1.807) is 0 Å². The van der Waals surface area contributed by atoms with Crippen LogP contribution in [0.1, 0.15) is 76.0 Å². The fraction of sp³-hybridized carbons (Fsp3) is 0.538. The van der Waals surface area contributed by atoms with Crippen LogP contribution in [0.25, 0.3) is 0 Å². The molecule has 2 aromatic rings. The van der Waals surface area contributed by atoms with Gasteiger partial charge in [-0.15, -0.1) is 0 Å². The molecule has 2 aromatic carbocycles. The summed E-state index contributed by atoms with van der Waals surface area (Å²) in [5, 5.41) is 0. The first-order chi connectivity index (χ1) is 14.6. The number of hydrogen-bond donors (Lipinski definition) is 1. The Bertz CT molecular complexity index is 1060. The summed E-state index contributed by atoms with van der Waals surface area (Å²) in [6, 6.07) is 12.0. The predicted octanol–water partition coefficient (Wildman–Crippen LogP) is 5.94. The Kier molecular flexibility index (Phi) is 5.80. The first kappa shape index (κ1) is 22.5. The fourth-order valence-electron chi connectivity index (χ4n) is 6.14. The van der Waals surface area contributed by atoms with Crippen molar-refractivity contribution in [1.29, 1.82) is 0 Å². The highest BCUT2D eigenvalue weighted by molar-refractivity contribution is 7.89. The van der Waals surface area contributed by atoms with E-state index in [1.807, 2.05) is 0 Å². The number of hydrogen-bond acceptors (Lipinski definition) is 2. The molecule has 5 heteroatoms. The number of rotatable bonds is 5. The second-order valence-corrected chi connectivity index (χ2v) is 12.1. The quantitative estimate of drug-likeness (QED) is 0.622. The van der Waals surface area contributed by atoms with E-state index < -0.39 is 15.8 Å². The average Bonchev–Trinajstić information content (AvgIpc) is 2.72. The molecule has 0 spiro atoms. The molecule has 0 aliphatic heterocycles. The summed E-state index contributed by atoms with van der Waals surface area (Å²) >= 11 is 0. The minimum Gasteiger partial charge on any atom is -0.211 e. The third-order valence-electron chi connectivity index (χ3n) is 7.96. The van der Waals surface area contributed by atoms with Gasteiger partial charge in [-0.2, -0.15) is 0 Å². The second-order valence-electron chi connectivity index (χ2n) is 10.4.